The molecular weight excluding hydrogens is 154 g/mol. The summed E-state index contributed by atoms with van der Waals surface area (Å²) in [5, 5.41) is 6.12. The molecule has 0 bridgehead atoms. The molecule has 64 valence electrons. The number of ketones is 1. The fraction of sp³-hybridized carbons (Fsp3) is 0.375. The summed E-state index contributed by atoms with van der Waals surface area (Å²) in [7, 11) is 0. The highest BCUT2D eigenvalue weighted by Gasteiger charge is 2.06. The van der Waals surface area contributed by atoms with Crippen molar-refractivity contribution in [3.63, 3.8) is 0 Å². The fourth-order valence-corrected chi connectivity index (χ4v) is 0.865. The van der Waals surface area contributed by atoms with Crippen LogP contribution >= 0.6 is 0 Å². The largest absolute Gasteiger partial charge is 0.291 e. The van der Waals surface area contributed by atoms with E-state index in [1.54, 1.807) is 6.08 Å². The lowest BCUT2D eigenvalue weighted by atomic mass is 10.2. The summed E-state index contributed by atoms with van der Waals surface area (Å²) < 4.78 is 0. The maximum absolute atomic E-state index is 11.2. The van der Waals surface area contributed by atoms with Gasteiger partial charge in [-0.05, 0) is 12.8 Å². The zero-order valence-corrected chi connectivity index (χ0v) is 6.79. The highest BCUT2D eigenvalue weighted by molar-refractivity contribution is 5.92. The van der Waals surface area contributed by atoms with Crippen LogP contribution in [0.25, 0.3) is 0 Å². The minimum absolute atomic E-state index is 0.00866. The first-order chi connectivity index (χ1) is 5.84. The third kappa shape index (κ3) is 2.30. The predicted octanol–water partition coefficient (Wildman–Crippen LogP) is 1.34. The van der Waals surface area contributed by atoms with Gasteiger partial charge in [-0.25, -0.2) is 4.98 Å². The van der Waals surface area contributed by atoms with Gasteiger partial charge in [-0.15, -0.1) is 6.58 Å². The van der Waals surface area contributed by atoms with Gasteiger partial charge in [0.2, 0.25) is 0 Å². The van der Waals surface area contributed by atoms with Crippen LogP contribution < -0.4 is 0 Å². The Hall–Kier alpha value is -1.45. The summed E-state index contributed by atoms with van der Waals surface area (Å²) >= 11 is 0. The van der Waals surface area contributed by atoms with Crippen molar-refractivity contribution in [3.05, 3.63) is 24.8 Å². The zero-order valence-electron chi connectivity index (χ0n) is 6.79. The Labute approximate surface area is 70.7 Å². The number of hydrogen-bond acceptors (Lipinski definition) is 3. The standard InChI is InChI=1S/C8H11N3O/c1-2-3-4-5-7(12)8-9-6-10-11-8/h2,6H,1,3-5H2,(H,9,10,11). The van der Waals surface area contributed by atoms with E-state index < -0.39 is 0 Å². The third-order valence-electron chi connectivity index (χ3n) is 1.49. The average Bonchev–Trinajstić information content (AvgIpc) is 2.56. The van der Waals surface area contributed by atoms with Crippen LogP contribution in [-0.2, 0) is 0 Å². The van der Waals surface area contributed by atoms with Gasteiger partial charge in [-0.2, -0.15) is 5.10 Å². The molecular formula is C8H11N3O. The molecule has 1 heterocycles. The van der Waals surface area contributed by atoms with E-state index in [9.17, 15) is 4.79 Å². The number of H-pyrrole nitrogens is 1. The molecule has 1 aromatic rings. The molecule has 0 saturated heterocycles. The molecule has 0 aromatic carbocycles. The molecule has 4 heteroatoms. The van der Waals surface area contributed by atoms with Gasteiger partial charge in [-0.3, -0.25) is 9.89 Å². The summed E-state index contributed by atoms with van der Waals surface area (Å²) in [4.78, 5) is 15.0. The average molecular weight is 165 g/mol. The van der Waals surface area contributed by atoms with Crippen LogP contribution in [0.3, 0.4) is 0 Å². The summed E-state index contributed by atoms with van der Waals surface area (Å²) in [5.41, 5.74) is 0. The number of nitrogens with one attached hydrogen (secondary N) is 1. The second kappa shape index (κ2) is 4.43. The molecule has 1 N–H and O–H groups in total. The van der Waals surface area contributed by atoms with Crippen molar-refractivity contribution >= 4 is 5.78 Å². The van der Waals surface area contributed by atoms with Crippen molar-refractivity contribution in [1.82, 2.24) is 15.2 Å². The van der Waals surface area contributed by atoms with Gasteiger partial charge in [0.1, 0.15) is 6.33 Å². The van der Waals surface area contributed by atoms with Crippen molar-refractivity contribution in [3.8, 4) is 0 Å². The molecule has 0 spiro atoms. The van der Waals surface area contributed by atoms with Gasteiger partial charge >= 0.3 is 0 Å². The maximum Gasteiger partial charge on any atom is 0.199 e. The molecule has 0 unspecified atom stereocenters. The van der Waals surface area contributed by atoms with Crippen molar-refractivity contribution in [2.75, 3.05) is 0 Å². The lowest BCUT2D eigenvalue weighted by molar-refractivity contribution is 0.0971. The van der Waals surface area contributed by atoms with Gasteiger partial charge in [-0.1, -0.05) is 6.08 Å². The minimum atomic E-state index is 0.00866. The predicted molar refractivity (Wildman–Crippen MR) is 44.8 cm³/mol. The van der Waals surface area contributed by atoms with E-state index in [2.05, 4.69) is 21.8 Å². The number of allylic oxidation sites excluding steroid dienone is 1. The number of carbonyl (C=O) groups is 1. The molecule has 12 heavy (non-hydrogen) atoms. The first-order valence-electron chi connectivity index (χ1n) is 3.84. The maximum atomic E-state index is 11.2. The highest BCUT2D eigenvalue weighted by Crippen LogP contribution is 2.01. The first-order valence-corrected chi connectivity index (χ1v) is 3.84. The number of unbranched alkanes of at least 4 members (excludes halogenated alkanes) is 1. The lowest BCUT2D eigenvalue weighted by Gasteiger charge is -1.93. The molecule has 0 radical (unpaired) electrons. The van der Waals surface area contributed by atoms with Gasteiger partial charge in [0.15, 0.2) is 11.6 Å². The molecule has 0 saturated carbocycles. The fourth-order valence-electron chi connectivity index (χ4n) is 0.865. The van der Waals surface area contributed by atoms with E-state index in [4.69, 9.17) is 0 Å². The SMILES string of the molecule is C=CCCCC(=O)c1ncn[nH]1. The molecule has 0 aliphatic carbocycles. The smallest absolute Gasteiger partial charge is 0.199 e. The molecule has 0 atom stereocenters. The van der Waals surface area contributed by atoms with Gasteiger partial charge < -0.3 is 0 Å². The molecule has 0 aliphatic heterocycles. The lowest BCUT2D eigenvalue weighted by Crippen LogP contribution is -2.01. The van der Waals surface area contributed by atoms with Gasteiger partial charge in [0.25, 0.3) is 0 Å². The van der Waals surface area contributed by atoms with E-state index >= 15 is 0 Å². The number of aromatic amines is 1. The van der Waals surface area contributed by atoms with E-state index in [-0.39, 0.29) is 5.78 Å². The Kier molecular flexibility index (Phi) is 3.19. The quantitative estimate of drug-likeness (QED) is 0.407. The summed E-state index contributed by atoms with van der Waals surface area (Å²) in [5.74, 6) is 0.355. The highest BCUT2D eigenvalue weighted by atomic mass is 16.1. The Morgan fingerprint density at radius 1 is 1.75 bits per heavy atom. The Bertz CT molecular complexity index is 253. The van der Waals surface area contributed by atoms with Gasteiger partial charge in [0, 0.05) is 6.42 Å². The third-order valence-corrected chi connectivity index (χ3v) is 1.49. The van der Waals surface area contributed by atoms with Crippen molar-refractivity contribution in [2.45, 2.75) is 19.3 Å². The van der Waals surface area contributed by atoms with E-state index in [1.165, 1.54) is 6.33 Å². The minimum Gasteiger partial charge on any atom is -0.291 e. The van der Waals surface area contributed by atoms with Crippen LogP contribution in [0.1, 0.15) is 29.9 Å². The Morgan fingerprint density at radius 3 is 3.17 bits per heavy atom. The summed E-state index contributed by atoms with van der Waals surface area (Å²) in [6.45, 7) is 3.57. The molecule has 4 nitrogen and oxygen atoms in total. The topological polar surface area (TPSA) is 58.6 Å². The van der Waals surface area contributed by atoms with Crippen LogP contribution in [0.4, 0.5) is 0 Å². The monoisotopic (exact) mass is 165 g/mol. The summed E-state index contributed by atoms with van der Waals surface area (Å²) in [6.07, 6.45) is 5.32. The van der Waals surface area contributed by atoms with Crippen LogP contribution in [0.5, 0.6) is 0 Å². The zero-order chi connectivity index (χ0) is 8.81. The number of hydrogen-bond donors (Lipinski definition) is 1. The number of Topliss-reactive ketones (excluding diaryl/α,β-unsaturated/α-hetero) is 1. The second-order valence-corrected chi connectivity index (χ2v) is 2.44. The summed E-state index contributed by atoms with van der Waals surface area (Å²) in [6, 6.07) is 0. The number of rotatable bonds is 5. The van der Waals surface area contributed by atoms with Crippen LogP contribution in [-0.4, -0.2) is 21.0 Å². The second-order valence-electron chi connectivity index (χ2n) is 2.44. The number of carbonyl (C=O) groups excluding carboxylic acids is 1. The van der Waals surface area contributed by atoms with Crippen molar-refractivity contribution in [1.29, 1.82) is 0 Å². The number of aromatic nitrogens is 3. The molecule has 0 fully saturated rings. The van der Waals surface area contributed by atoms with Crippen LogP contribution in [0, 0.1) is 0 Å². The Morgan fingerprint density at radius 2 is 2.58 bits per heavy atom. The Balaban J connectivity index is 2.34. The molecule has 0 amide bonds. The molecule has 0 aliphatic rings. The van der Waals surface area contributed by atoms with Crippen molar-refractivity contribution in [2.24, 2.45) is 0 Å². The van der Waals surface area contributed by atoms with Gasteiger partial charge in [0.05, 0.1) is 0 Å². The van der Waals surface area contributed by atoms with E-state index in [1.807, 2.05) is 0 Å². The molecule has 1 aromatic heterocycles. The van der Waals surface area contributed by atoms with E-state index in [0.29, 0.717) is 12.2 Å². The normalized spacial score (nSPS) is 9.67. The van der Waals surface area contributed by atoms with E-state index in [0.717, 1.165) is 12.8 Å². The van der Waals surface area contributed by atoms with Crippen LogP contribution in [0.2, 0.25) is 0 Å². The molecule has 1 rings (SSSR count). The first kappa shape index (κ1) is 8.64. The number of nitrogens with zero attached hydrogens (tertiary/aromatic N) is 2. The van der Waals surface area contributed by atoms with Crippen molar-refractivity contribution < 1.29 is 4.79 Å². The van der Waals surface area contributed by atoms with Crippen LogP contribution in [0.15, 0.2) is 19.0 Å².